The molecule has 27 heavy (non-hydrogen) atoms. The van der Waals surface area contributed by atoms with E-state index in [1.54, 1.807) is 0 Å². The van der Waals surface area contributed by atoms with E-state index < -0.39 is 0 Å². The lowest BCUT2D eigenvalue weighted by Gasteiger charge is -2.27. The zero-order chi connectivity index (χ0) is 18.2. The lowest BCUT2D eigenvalue weighted by molar-refractivity contribution is 0.206. The van der Waals surface area contributed by atoms with E-state index in [1.165, 1.54) is 18.4 Å². The van der Waals surface area contributed by atoms with Crippen LogP contribution in [0.15, 0.2) is 54.6 Å². The fraction of sp³-hybridized carbons (Fsp3) is 0.273. The van der Waals surface area contributed by atoms with E-state index in [0.29, 0.717) is 19.0 Å². The third-order valence-corrected chi connectivity index (χ3v) is 5.45. The molecule has 5 rings (SSSR count). The van der Waals surface area contributed by atoms with Crippen molar-refractivity contribution in [2.45, 2.75) is 31.7 Å². The van der Waals surface area contributed by atoms with Crippen molar-refractivity contribution in [3.05, 3.63) is 71.4 Å². The number of benzene rings is 2. The largest absolute Gasteiger partial charge is 0.322 e. The average molecular weight is 358 g/mol. The zero-order valence-corrected chi connectivity index (χ0v) is 15.1. The number of nitrogens with one attached hydrogen (secondary N) is 2. The van der Waals surface area contributed by atoms with Crippen LogP contribution in [0.4, 0.5) is 10.5 Å². The Kier molecular flexibility index (Phi) is 3.93. The topological polar surface area (TPSA) is 61.0 Å². The average Bonchev–Trinajstić information content (AvgIpc) is 3.48. The summed E-state index contributed by atoms with van der Waals surface area (Å²) in [5.41, 5.74) is 6.48. The highest BCUT2D eigenvalue weighted by Crippen LogP contribution is 2.40. The van der Waals surface area contributed by atoms with Crippen LogP contribution >= 0.6 is 0 Å². The normalized spacial score (nSPS) is 16.1. The molecule has 136 valence electrons. The Hall–Kier alpha value is -3.08. The Labute approximate surface area is 158 Å². The highest BCUT2D eigenvalue weighted by Gasteiger charge is 2.26. The summed E-state index contributed by atoms with van der Waals surface area (Å²) in [5, 5.41) is 10.7. The number of hydrogen-bond acceptors (Lipinski definition) is 2. The molecule has 0 unspecified atom stereocenters. The maximum Gasteiger partial charge on any atom is 0.322 e. The van der Waals surface area contributed by atoms with Gasteiger partial charge in [-0.3, -0.25) is 5.10 Å². The first-order valence-corrected chi connectivity index (χ1v) is 9.55. The molecule has 2 N–H and O–H groups in total. The molecule has 1 aromatic heterocycles. The summed E-state index contributed by atoms with van der Waals surface area (Å²) in [6.45, 7) is 1.27. The quantitative estimate of drug-likeness (QED) is 0.722. The summed E-state index contributed by atoms with van der Waals surface area (Å²) in [6, 6.07) is 18.3. The minimum Gasteiger partial charge on any atom is -0.320 e. The molecule has 1 aliphatic carbocycles. The van der Waals surface area contributed by atoms with Crippen LogP contribution in [0.5, 0.6) is 0 Å². The van der Waals surface area contributed by atoms with Gasteiger partial charge in [0.2, 0.25) is 0 Å². The third-order valence-electron chi connectivity index (χ3n) is 5.45. The summed E-state index contributed by atoms with van der Waals surface area (Å²) in [7, 11) is 0. The first-order valence-electron chi connectivity index (χ1n) is 9.55. The van der Waals surface area contributed by atoms with Crippen molar-refractivity contribution in [2.75, 3.05) is 11.9 Å². The van der Waals surface area contributed by atoms with Gasteiger partial charge in [-0.15, -0.1) is 0 Å². The molecule has 2 heterocycles. The van der Waals surface area contributed by atoms with Gasteiger partial charge in [-0.1, -0.05) is 42.5 Å². The molecule has 5 heteroatoms. The molecule has 5 nitrogen and oxygen atoms in total. The van der Waals surface area contributed by atoms with E-state index in [2.05, 4.69) is 39.8 Å². The van der Waals surface area contributed by atoms with Crippen molar-refractivity contribution >= 4 is 11.7 Å². The van der Waals surface area contributed by atoms with Crippen LogP contribution < -0.4 is 5.32 Å². The molecule has 1 saturated carbocycles. The number of H-pyrrole nitrogens is 1. The second-order valence-electron chi connectivity index (χ2n) is 7.40. The first-order chi connectivity index (χ1) is 13.3. The number of aromatic nitrogens is 2. The third kappa shape index (κ3) is 3.21. The molecule has 2 aromatic carbocycles. The molecule has 2 aliphatic rings. The van der Waals surface area contributed by atoms with E-state index >= 15 is 0 Å². The fourth-order valence-electron chi connectivity index (χ4n) is 3.79. The van der Waals surface area contributed by atoms with Gasteiger partial charge in [-0.05, 0) is 36.5 Å². The summed E-state index contributed by atoms with van der Waals surface area (Å²) in [4.78, 5) is 14.7. The van der Waals surface area contributed by atoms with Crippen LogP contribution in [-0.4, -0.2) is 27.7 Å². The molecule has 2 amide bonds. The maximum absolute atomic E-state index is 12.8. The molecule has 0 spiro atoms. The molecule has 1 fully saturated rings. The van der Waals surface area contributed by atoms with Crippen molar-refractivity contribution in [1.82, 2.24) is 15.1 Å². The number of anilines is 1. The van der Waals surface area contributed by atoms with Crippen LogP contribution in [0.1, 0.15) is 35.6 Å². The molecular formula is C22H22N4O. The number of hydrogen-bond donors (Lipinski definition) is 2. The van der Waals surface area contributed by atoms with Crippen molar-refractivity contribution < 1.29 is 4.79 Å². The van der Waals surface area contributed by atoms with Gasteiger partial charge in [0, 0.05) is 35.5 Å². The van der Waals surface area contributed by atoms with Gasteiger partial charge < -0.3 is 10.2 Å². The molecular weight excluding hydrogens is 336 g/mol. The number of carbonyl (C=O) groups is 1. The summed E-state index contributed by atoms with van der Waals surface area (Å²) >= 11 is 0. The number of rotatable bonds is 3. The minimum atomic E-state index is -0.0474. The fourth-order valence-corrected chi connectivity index (χ4v) is 3.79. The summed E-state index contributed by atoms with van der Waals surface area (Å²) in [6.07, 6.45) is 3.31. The standard InChI is InChI=1S/C22H22N4O/c27-22(23-18-8-4-7-17(13-18)15-9-10-15)26-12-11-20-19(14-26)21(25-24-20)16-5-2-1-3-6-16/h1-8,13,15H,9-12,14H2,(H,23,27)(H,24,25). The highest BCUT2D eigenvalue weighted by molar-refractivity contribution is 5.89. The van der Waals surface area contributed by atoms with E-state index in [9.17, 15) is 4.79 Å². The highest BCUT2D eigenvalue weighted by atomic mass is 16.2. The molecule has 0 radical (unpaired) electrons. The van der Waals surface area contributed by atoms with Crippen LogP contribution in [0.3, 0.4) is 0 Å². The monoisotopic (exact) mass is 358 g/mol. The van der Waals surface area contributed by atoms with Crippen LogP contribution in [0.25, 0.3) is 11.3 Å². The first kappa shape index (κ1) is 16.1. The van der Waals surface area contributed by atoms with Gasteiger partial charge in [0.1, 0.15) is 0 Å². The predicted molar refractivity (Wildman–Crippen MR) is 106 cm³/mol. The molecule has 0 atom stereocenters. The van der Waals surface area contributed by atoms with E-state index in [0.717, 1.165) is 34.6 Å². The zero-order valence-electron chi connectivity index (χ0n) is 15.1. The second-order valence-corrected chi connectivity index (χ2v) is 7.40. The van der Waals surface area contributed by atoms with Crippen LogP contribution in [-0.2, 0) is 13.0 Å². The number of amides is 2. The Bertz CT molecular complexity index is 975. The summed E-state index contributed by atoms with van der Waals surface area (Å²) < 4.78 is 0. The van der Waals surface area contributed by atoms with Gasteiger partial charge >= 0.3 is 6.03 Å². The van der Waals surface area contributed by atoms with Gasteiger partial charge in [0.05, 0.1) is 12.2 Å². The van der Waals surface area contributed by atoms with E-state index in [4.69, 9.17) is 0 Å². The lowest BCUT2D eigenvalue weighted by Crippen LogP contribution is -2.38. The second kappa shape index (κ2) is 6.58. The number of carbonyl (C=O) groups excluding carboxylic acids is 1. The smallest absolute Gasteiger partial charge is 0.320 e. The van der Waals surface area contributed by atoms with Crippen molar-refractivity contribution in [2.24, 2.45) is 0 Å². The maximum atomic E-state index is 12.8. The Morgan fingerprint density at radius 2 is 1.96 bits per heavy atom. The molecule has 0 bridgehead atoms. The Balaban J connectivity index is 1.34. The van der Waals surface area contributed by atoms with E-state index in [-0.39, 0.29) is 6.03 Å². The van der Waals surface area contributed by atoms with E-state index in [1.807, 2.05) is 35.2 Å². The van der Waals surface area contributed by atoms with Gasteiger partial charge in [0.15, 0.2) is 0 Å². The minimum absolute atomic E-state index is 0.0474. The Morgan fingerprint density at radius 1 is 1.11 bits per heavy atom. The van der Waals surface area contributed by atoms with Crippen LogP contribution in [0, 0.1) is 0 Å². The lowest BCUT2D eigenvalue weighted by atomic mass is 10.0. The Morgan fingerprint density at radius 3 is 2.78 bits per heavy atom. The predicted octanol–water partition coefficient (Wildman–Crippen LogP) is 4.54. The number of fused-ring (bicyclic) bond motifs is 1. The van der Waals surface area contributed by atoms with Gasteiger partial charge in [-0.25, -0.2) is 4.79 Å². The molecule has 1 aliphatic heterocycles. The van der Waals surface area contributed by atoms with Crippen molar-refractivity contribution in [3.63, 3.8) is 0 Å². The number of nitrogens with zero attached hydrogens (tertiary/aromatic N) is 2. The molecule has 0 saturated heterocycles. The number of aromatic amines is 1. The SMILES string of the molecule is O=C(Nc1cccc(C2CC2)c1)N1CCc2[nH]nc(-c3ccccc3)c2C1. The number of urea groups is 1. The molecule has 3 aromatic rings. The summed E-state index contributed by atoms with van der Waals surface area (Å²) in [5.74, 6) is 0.679. The van der Waals surface area contributed by atoms with Crippen molar-refractivity contribution in [1.29, 1.82) is 0 Å². The van der Waals surface area contributed by atoms with Crippen LogP contribution in [0.2, 0.25) is 0 Å². The van der Waals surface area contributed by atoms with Crippen molar-refractivity contribution in [3.8, 4) is 11.3 Å². The van der Waals surface area contributed by atoms with Gasteiger partial charge in [0.25, 0.3) is 0 Å². The van der Waals surface area contributed by atoms with Gasteiger partial charge in [-0.2, -0.15) is 5.10 Å².